The lowest BCUT2D eigenvalue weighted by Crippen LogP contribution is -2.19. The van der Waals surface area contributed by atoms with Crippen molar-refractivity contribution in [2.45, 2.75) is 13.0 Å². The van der Waals surface area contributed by atoms with Gasteiger partial charge in [0.15, 0.2) is 11.6 Å². The lowest BCUT2D eigenvalue weighted by molar-refractivity contribution is 0.386. The molecule has 0 aliphatic heterocycles. The van der Waals surface area contributed by atoms with E-state index in [-0.39, 0.29) is 17.6 Å². The van der Waals surface area contributed by atoms with Crippen LogP contribution in [-0.4, -0.2) is 19.1 Å². The van der Waals surface area contributed by atoms with Crippen LogP contribution in [-0.2, 0) is 0 Å². The quantitative estimate of drug-likeness (QED) is 0.918. The van der Waals surface area contributed by atoms with Gasteiger partial charge in [-0.25, -0.2) is 4.39 Å². The number of rotatable bonds is 4. The fourth-order valence-electron chi connectivity index (χ4n) is 2.14. The van der Waals surface area contributed by atoms with Gasteiger partial charge in [-0.15, -0.1) is 0 Å². The van der Waals surface area contributed by atoms with Gasteiger partial charge in [0, 0.05) is 12.4 Å². The number of aromatic nitrogens is 1. The number of nitrogens with one attached hydrogen (secondary N) is 1. The van der Waals surface area contributed by atoms with Gasteiger partial charge in [0.05, 0.1) is 13.2 Å². The molecule has 0 spiro atoms. The zero-order chi connectivity index (χ0) is 13.8. The van der Waals surface area contributed by atoms with Gasteiger partial charge in [-0.1, -0.05) is 6.07 Å². The maximum absolute atomic E-state index is 13.8. The number of halogens is 1. The molecule has 0 fully saturated rings. The summed E-state index contributed by atoms with van der Waals surface area (Å²) in [6, 6.07) is 6.84. The minimum Gasteiger partial charge on any atom is -0.494 e. The number of methoxy groups -OCH3 is 1. The van der Waals surface area contributed by atoms with E-state index >= 15 is 0 Å². The van der Waals surface area contributed by atoms with Gasteiger partial charge in [0.25, 0.3) is 0 Å². The van der Waals surface area contributed by atoms with Crippen molar-refractivity contribution in [3.63, 3.8) is 0 Å². The van der Waals surface area contributed by atoms with Crippen molar-refractivity contribution in [3.8, 4) is 5.75 Å². The number of hydrogen-bond donors (Lipinski definition) is 1. The Balaban J connectivity index is 2.43. The van der Waals surface area contributed by atoms with Crippen molar-refractivity contribution in [3.05, 3.63) is 59.2 Å². The standard InChI is InChI=1S/C15H17FN2O/c1-10-6-7-18-9-12(10)15(17-2)11-4-5-14(19-3)13(16)8-11/h4-9,15,17H,1-3H3. The molecule has 0 amide bonds. The normalized spacial score (nSPS) is 12.2. The molecule has 0 saturated heterocycles. The smallest absolute Gasteiger partial charge is 0.165 e. The molecule has 1 unspecified atom stereocenters. The topological polar surface area (TPSA) is 34.1 Å². The van der Waals surface area contributed by atoms with Crippen LogP contribution < -0.4 is 10.1 Å². The number of nitrogens with zero attached hydrogens (tertiary/aromatic N) is 1. The Hall–Kier alpha value is -1.94. The van der Waals surface area contributed by atoms with Crippen molar-refractivity contribution in [1.29, 1.82) is 0 Å². The second-order valence-electron chi connectivity index (χ2n) is 4.35. The molecule has 0 saturated carbocycles. The van der Waals surface area contributed by atoms with E-state index in [1.807, 2.05) is 26.1 Å². The van der Waals surface area contributed by atoms with E-state index in [0.29, 0.717) is 0 Å². The van der Waals surface area contributed by atoms with Crippen LogP contribution in [0.1, 0.15) is 22.7 Å². The summed E-state index contributed by atoms with van der Waals surface area (Å²) in [5, 5.41) is 3.19. The molecule has 0 aliphatic carbocycles. The zero-order valence-corrected chi connectivity index (χ0v) is 11.3. The third-order valence-corrected chi connectivity index (χ3v) is 3.19. The van der Waals surface area contributed by atoms with Crippen LogP contribution >= 0.6 is 0 Å². The lowest BCUT2D eigenvalue weighted by Gasteiger charge is -2.19. The fourth-order valence-corrected chi connectivity index (χ4v) is 2.14. The first-order valence-corrected chi connectivity index (χ1v) is 6.08. The third-order valence-electron chi connectivity index (χ3n) is 3.19. The highest BCUT2D eigenvalue weighted by molar-refractivity contribution is 5.38. The monoisotopic (exact) mass is 260 g/mol. The van der Waals surface area contributed by atoms with Gasteiger partial charge in [-0.05, 0) is 48.9 Å². The van der Waals surface area contributed by atoms with Crippen LogP contribution in [0, 0.1) is 12.7 Å². The number of pyridine rings is 1. The van der Waals surface area contributed by atoms with E-state index in [2.05, 4.69) is 10.3 Å². The summed E-state index contributed by atoms with van der Waals surface area (Å²) in [7, 11) is 3.30. The first kappa shape index (κ1) is 13.5. The molecule has 4 heteroatoms. The van der Waals surface area contributed by atoms with Crippen LogP contribution in [0.4, 0.5) is 4.39 Å². The van der Waals surface area contributed by atoms with Gasteiger partial charge in [-0.2, -0.15) is 0 Å². The molecule has 19 heavy (non-hydrogen) atoms. The van der Waals surface area contributed by atoms with Crippen LogP contribution in [0.25, 0.3) is 0 Å². The molecule has 2 aromatic rings. The predicted molar refractivity (Wildman–Crippen MR) is 72.8 cm³/mol. The first-order valence-electron chi connectivity index (χ1n) is 6.08. The summed E-state index contributed by atoms with van der Waals surface area (Å²) < 4.78 is 18.7. The minimum absolute atomic E-state index is 0.0888. The Bertz CT molecular complexity index is 572. The van der Waals surface area contributed by atoms with Gasteiger partial charge >= 0.3 is 0 Å². The van der Waals surface area contributed by atoms with Crippen LogP contribution in [0.3, 0.4) is 0 Å². The van der Waals surface area contributed by atoms with Crippen LogP contribution in [0.5, 0.6) is 5.75 Å². The fraction of sp³-hybridized carbons (Fsp3) is 0.267. The zero-order valence-electron chi connectivity index (χ0n) is 11.3. The Morgan fingerprint density at radius 3 is 2.68 bits per heavy atom. The van der Waals surface area contributed by atoms with Gasteiger partial charge in [-0.3, -0.25) is 4.98 Å². The van der Waals surface area contributed by atoms with Crippen molar-refractivity contribution in [2.24, 2.45) is 0 Å². The second-order valence-corrected chi connectivity index (χ2v) is 4.35. The highest BCUT2D eigenvalue weighted by Gasteiger charge is 2.16. The van der Waals surface area contributed by atoms with Crippen LogP contribution in [0.15, 0.2) is 36.7 Å². The molecular weight excluding hydrogens is 243 g/mol. The lowest BCUT2D eigenvalue weighted by atomic mass is 9.97. The average Bonchev–Trinajstić information content (AvgIpc) is 2.42. The highest BCUT2D eigenvalue weighted by Crippen LogP contribution is 2.27. The Morgan fingerprint density at radius 1 is 1.32 bits per heavy atom. The molecule has 1 aromatic carbocycles. The average molecular weight is 260 g/mol. The molecule has 0 aliphatic rings. The van der Waals surface area contributed by atoms with Crippen molar-refractivity contribution >= 4 is 0 Å². The molecule has 3 nitrogen and oxygen atoms in total. The summed E-state index contributed by atoms with van der Waals surface area (Å²) in [5.74, 6) is -0.108. The van der Waals surface area contributed by atoms with Crippen molar-refractivity contribution in [1.82, 2.24) is 10.3 Å². The van der Waals surface area contributed by atoms with Gasteiger partial charge in [0.2, 0.25) is 0 Å². The molecule has 1 atom stereocenters. The van der Waals surface area contributed by atoms with Gasteiger partial charge < -0.3 is 10.1 Å². The van der Waals surface area contributed by atoms with E-state index in [9.17, 15) is 4.39 Å². The van der Waals surface area contributed by atoms with E-state index in [4.69, 9.17) is 4.74 Å². The first-order chi connectivity index (χ1) is 9.17. The van der Waals surface area contributed by atoms with Crippen LogP contribution in [0.2, 0.25) is 0 Å². The SMILES string of the molecule is CNC(c1ccc(OC)c(F)c1)c1cnccc1C. The summed E-state index contributed by atoms with van der Waals surface area (Å²) >= 11 is 0. The summed E-state index contributed by atoms with van der Waals surface area (Å²) in [5.41, 5.74) is 3.00. The van der Waals surface area contributed by atoms with E-state index in [1.54, 1.807) is 18.5 Å². The third kappa shape index (κ3) is 2.74. The van der Waals surface area contributed by atoms with E-state index in [1.165, 1.54) is 13.2 Å². The number of benzene rings is 1. The van der Waals surface area contributed by atoms with E-state index in [0.717, 1.165) is 16.7 Å². The maximum Gasteiger partial charge on any atom is 0.165 e. The minimum atomic E-state index is -0.359. The number of hydrogen-bond acceptors (Lipinski definition) is 3. The molecule has 0 bridgehead atoms. The maximum atomic E-state index is 13.8. The molecule has 100 valence electrons. The molecule has 2 rings (SSSR count). The Kier molecular flexibility index (Phi) is 4.12. The van der Waals surface area contributed by atoms with Crippen molar-refractivity contribution in [2.75, 3.05) is 14.2 Å². The summed E-state index contributed by atoms with van der Waals surface area (Å²) in [6.07, 6.45) is 3.55. The molecule has 1 heterocycles. The highest BCUT2D eigenvalue weighted by atomic mass is 19.1. The molecule has 0 radical (unpaired) electrons. The number of ether oxygens (including phenoxy) is 1. The largest absolute Gasteiger partial charge is 0.494 e. The summed E-state index contributed by atoms with van der Waals surface area (Å²) in [4.78, 5) is 4.14. The predicted octanol–water partition coefficient (Wildman–Crippen LogP) is 2.85. The van der Waals surface area contributed by atoms with Gasteiger partial charge in [0.1, 0.15) is 0 Å². The number of aryl methyl sites for hydroxylation is 1. The molecular formula is C15H17FN2O. The second kappa shape index (κ2) is 5.80. The molecule has 1 aromatic heterocycles. The van der Waals surface area contributed by atoms with Crippen molar-refractivity contribution < 1.29 is 9.13 Å². The van der Waals surface area contributed by atoms with E-state index < -0.39 is 0 Å². The Morgan fingerprint density at radius 2 is 2.11 bits per heavy atom. The Labute approximate surface area is 112 Å². The summed E-state index contributed by atoms with van der Waals surface area (Å²) in [6.45, 7) is 2.02. The molecule has 1 N–H and O–H groups in total.